The molecule has 3 aromatic rings. The van der Waals surface area contributed by atoms with E-state index in [4.69, 9.17) is 0 Å². The van der Waals surface area contributed by atoms with Gasteiger partial charge < -0.3 is 5.32 Å². The van der Waals surface area contributed by atoms with Crippen molar-refractivity contribution in [3.05, 3.63) is 76.6 Å². The van der Waals surface area contributed by atoms with Crippen LogP contribution in [0.1, 0.15) is 40.9 Å². The molecule has 8 heteroatoms. The van der Waals surface area contributed by atoms with E-state index in [9.17, 15) is 13.2 Å². The first-order valence-corrected chi connectivity index (χ1v) is 13.6. The number of carbonyl (C=O) groups excluding carboxylic acids is 1. The summed E-state index contributed by atoms with van der Waals surface area (Å²) in [7, 11) is -3.53. The minimum Gasteiger partial charge on any atom is -0.356 e. The predicted octanol–water partition coefficient (Wildman–Crippen LogP) is 3.87. The van der Waals surface area contributed by atoms with Crippen LogP contribution in [0, 0.1) is 33.6 Å². The van der Waals surface area contributed by atoms with E-state index >= 15 is 0 Å². The molecule has 2 heterocycles. The highest BCUT2D eigenvalue weighted by molar-refractivity contribution is 7.89. The van der Waals surface area contributed by atoms with Crippen molar-refractivity contribution in [1.82, 2.24) is 19.4 Å². The fourth-order valence-electron chi connectivity index (χ4n) is 4.55. The lowest BCUT2D eigenvalue weighted by molar-refractivity contribution is -0.126. The Labute approximate surface area is 208 Å². The highest BCUT2D eigenvalue weighted by atomic mass is 32.2. The highest BCUT2D eigenvalue weighted by Crippen LogP contribution is 2.25. The van der Waals surface area contributed by atoms with Crippen LogP contribution >= 0.6 is 0 Å². The normalized spacial score (nSPS) is 15.3. The highest BCUT2D eigenvalue weighted by Gasteiger charge is 2.32. The summed E-state index contributed by atoms with van der Waals surface area (Å²) in [6, 6.07) is 15.5. The first kappa shape index (κ1) is 25.1. The molecular weight excluding hydrogens is 460 g/mol. The molecule has 0 radical (unpaired) electrons. The Hall–Kier alpha value is -2.97. The molecule has 7 nitrogen and oxygen atoms in total. The molecule has 0 atom stereocenters. The number of benzene rings is 2. The third kappa shape index (κ3) is 5.65. The van der Waals surface area contributed by atoms with E-state index in [1.54, 1.807) is 12.1 Å². The summed E-state index contributed by atoms with van der Waals surface area (Å²) < 4.78 is 29.5. The average Bonchev–Trinajstić information content (AvgIpc) is 3.19. The molecule has 1 aliphatic rings. The number of aryl methyl sites for hydroxylation is 4. The Morgan fingerprint density at radius 1 is 0.971 bits per heavy atom. The van der Waals surface area contributed by atoms with Gasteiger partial charge in [-0.1, -0.05) is 18.2 Å². The van der Waals surface area contributed by atoms with Gasteiger partial charge in [0.2, 0.25) is 15.9 Å². The number of hydrogen-bond acceptors (Lipinski definition) is 4. The molecule has 0 bridgehead atoms. The van der Waals surface area contributed by atoms with Gasteiger partial charge in [-0.3, -0.25) is 4.79 Å². The SMILES string of the molecule is Cc1cc(C)n(-c2ccc(CCNC(=O)C3CCN(S(=O)(=O)c4ccc(C)c(C)c4)CC3)cc2)n1. The quantitative estimate of drug-likeness (QED) is 0.541. The van der Waals surface area contributed by atoms with Gasteiger partial charge >= 0.3 is 0 Å². The molecule has 0 unspecified atom stereocenters. The van der Waals surface area contributed by atoms with E-state index in [0.717, 1.165) is 40.2 Å². The van der Waals surface area contributed by atoms with E-state index in [-0.39, 0.29) is 11.8 Å². The van der Waals surface area contributed by atoms with Crippen molar-refractivity contribution in [2.75, 3.05) is 19.6 Å². The van der Waals surface area contributed by atoms with E-state index in [0.29, 0.717) is 37.4 Å². The van der Waals surface area contributed by atoms with Gasteiger partial charge in [-0.2, -0.15) is 9.40 Å². The summed E-state index contributed by atoms with van der Waals surface area (Å²) in [5, 5.41) is 7.54. The molecule has 1 N–H and O–H groups in total. The molecule has 0 spiro atoms. The molecule has 35 heavy (non-hydrogen) atoms. The molecule has 0 saturated carbocycles. The van der Waals surface area contributed by atoms with Crippen molar-refractivity contribution in [2.45, 2.75) is 51.9 Å². The minimum atomic E-state index is -3.53. The maximum atomic E-state index is 13.0. The van der Waals surface area contributed by atoms with Gasteiger partial charge in [0.15, 0.2) is 0 Å². The van der Waals surface area contributed by atoms with Gasteiger partial charge in [-0.25, -0.2) is 13.1 Å². The maximum absolute atomic E-state index is 13.0. The maximum Gasteiger partial charge on any atom is 0.243 e. The van der Waals surface area contributed by atoms with Crippen LogP contribution in [0.4, 0.5) is 0 Å². The zero-order valence-electron chi connectivity index (χ0n) is 20.9. The molecule has 1 fully saturated rings. The second kappa shape index (κ2) is 10.3. The van der Waals surface area contributed by atoms with Gasteiger partial charge in [0.1, 0.15) is 0 Å². The number of aromatic nitrogens is 2. The van der Waals surface area contributed by atoms with Gasteiger partial charge in [0.05, 0.1) is 16.3 Å². The smallest absolute Gasteiger partial charge is 0.243 e. The molecule has 2 aromatic carbocycles. The summed E-state index contributed by atoms with van der Waals surface area (Å²) in [5.74, 6) is -0.151. The molecular formula is C27H34N4O3S. The van der Waals surface area contributed by atoms with Crippen molar-refractivity contribution in [3.63, 3.8) is 0 Å². The number of piperidine rings is 1. The topological polar surface area (TPSA) is 84.3 Å². The average molecular weight is 495 g/mol. The number of sulfonamides is 1. The van der Waals surface area contributed by atoms with Crippen molar-refractivity contribution in [3.8, 4) is 5.69 Å². The van der Waals surface area contributed by atoms with E-state index in [1.807, 2.05) is 56.6 Å². The van der Waals surface area contributed by atoms with Crippen molar-refractivity contribution in [2.24, 2.45) is 5.92 Å². The number of rotatable bonds is 7. The third-order valence-electron chi connectivity index (χ3n) is 6.84. The van der Waals surface area contributed by atoms with Crippen LogP contribution in [0.25, 0.3) is 5.69 Å². The summed E-state index contributed by atoms with van der Waals surface area (Å²) >= 11 is 0. The molecule has 1 saturated heterocycles. The lowest BCUT2D eigenvalue weighted by Gasteiger charge is -2.30. The van der Waals surface area contributed by atoms with Gasteiger partial charge in [0, 0.05) is 31.2 Å². The van der Waals surface area contributed by atoms with Crippen LogP contribution in [0.15, 0.2) is 53.4 Å². The van der Waals surface area contributed by atoms with Crippen molar-refractivity contribution < 1.29 is 13.2 Å². The number of amides is 1. The molecule has 4 rings (SSSR count). The lowest BCUT2D eigenvalue weighted by Crippen LogP contribution is -2.43. The number of carbonyl (C=O) groups is 1. The fraction of sp³-hybridized carbons (Fsp3) is 0.407. The van der Waals surface area contributed by atoms with E-state index in [1.165, 1.54) is 4.31 Å². The van der Waals surface area contributed by atoms with E-state index < -0.39 is 10.0 Å². The number of hydrogen-bond donors (Lipinski definition) is 1. The van der Waals surface area contributed by atoms with Crippen LogP contribution in [-0.4, -0.2) is 48.0 Å². The first-order chi connectivity index (χ1) is 16.6. The Balaban J connectivity index is 1.25. The van der Waals surface area contributed by atoms with Crippen LogP contribution in [0.2, 0.25) is 0 Å². The van der Waals surface area contributed by atoms with Crippen molar-refractivity contribution in [1.29, 1.82) is 0 Å². The second-order valence-corrected chi connectivity index (χ2v) is 11.4. The summed E-state index contributed by atoms with van der Waals surface area (Å²) in [6.07, 6.45) is 1.81. The van der Waals surface area contributed by atoms with Crippen LogP contribution in [0.5, 0.6) is 0 Å². The number of nitrogens with zero attached hydrogens (tertiary/aromatic N) is 3. The van der Waals surface area contributed by atoms with Crippen molar-refractivity contribution >= 4 is 15.9 Å². The first-order valence-electron chi connectivity index (χ1n) is 12.1. The molecule has 0 aliphatic carbocycles. The zero-order chi connectivity index (χ0) is 25.2. The molecule has 1 aromatic heterocycles. The third-order valence-corrected chi connectivity index (χ3v) is 8.74. The van der Waals surface area contributed by atoms with E-state index in [2.05, 4.69) is 22.5 Å². The molecule has 186 valence electrons. The fourth-order valence-corrected chi connectivity index (χ4v) is 6.11. The Morgan fingerprint density at radius 3 is 2.26 bits per heavy atom. The van der Waals surface area contributed by atoms with Crippen LogP contribution < -0.4 is 5.32 Å². The summed E-state index contributed by atoms with van der Waals surface area (Å²) in [4.78, 5) is 13.0. The minimum absolute atomic E-state index is 0.00693. The second-order valence-electron chi connectivity index (χ2n) is 9.47. The predicted molar refractivity (Wildman–Crippen MR) is 137 cm³/mol. The largest absolute Gasteiger partial charge is 0.356 e. The molecule has 1 amide bonds. The Kier molecular flexibility index (Phi) is 7.42. The van der Waals surface area contributed by atoms with Gasteiger partial charge in [-0.15, -0.1) is 0 Å². The van der Waals surface area contributed by atoms with Crippen LogP contribution in [-0.2, 0) is 21.2 Å². The zero-order valence-corrected chi connectivity index (χ0v) is 21.7. The number of nitrogens with one attached hydrogen (secondary N) is 1. The Morgan fingerprint density at radius 2 is 1.66 bits per heavy atom. The standard InChI is InChI=1S/C27H34N4O3S/c1-19-5-10-26(17-20(19)2)35(33,34)30-15-12-24(13-16-30)27(32)28-14-11-23-6-8-25(9-7-23)31-22(4)18-21(3)29-31/h5-10,17-18,24H,11-16H2,1-4H3,(H,28,32). The summed E-state index contributed by atoms with van der Waals surface area (Å²) in [6.45, 7) is 9.18. The Bertz CT molecular complexity index is 1300. The monoisotopic (exact) mass is 494 g/mol. The van der Waals surface area contributed by atoms with Gasteiger partial charge in [-0.05, 0) is 94.0 Å². The van der Waals surface area contributed by atoms with Crippen LogP contribution in [0.3, 0.4) is 0 Å². The lowest BCUT2D eigenvalue weighted by atomic mass is 9.97. The van der Waals surface area contributed by atoms with Gasteiger partial charge in [0.25, 0.3) is 0 Å². The summed E-state index contributed by atoms with van der Waals surface area (Å²) in [5.41, 5.74) is 6.27. The molecule has 1 aliphatic heterocycles.